The number of hydrogen-bond acceptors (Lipinski definition) is 4. The van der Waals surface area contributed by atoms with Gasteiger partial charge >= 0.3 is 0 Å². The third-order valence-electron chi connectivity index (χ3n) is 4.00. The number of H-pyrrole nitrogens is 1. The molecule has 0 fully saturated rings. The van der Waals surface area contributed by atoms with Crippen molar-refractivity contribution < 1.29 is 4.79 Å². The quantitative estimate of drug-likeness (QED) is 0.671. The SMILES string of the molecule is C=C/C(=C\N(C)C(C)(C)CCN)NC(=O)c1[nH]nc(C)c1C. The number of amides is 1. The van der Waals surface area contributed by atoms with Gasteiger partial charge in [-0.25, -0.2) is 0 Å². The van der Waals surface area contributed by atoms with Crippen molar-refractivity contribution >= 4 is 5.91 Å². The average Bonchev–Trinajstić information content (AvgIpc) is 2.78. The predicted molar refractivity (Wildman–Crippen MR) is 89.3 cm³/mol. The van der Waals surface area contributed by atoms with E-state index in [1.54, 1.807) is 6.08 Å². The molecule has 0 saturated heterocycles. The van der Waals surface area contributed by atoms with Crippen LogP contribution in [0.25, 0.3) is 0 Å². The summed E-state index contributed by atoms with van der Waals surface area (Å²) in [5.74, 6) is -0.228. The minimum atomic E-state index is -0.228. The van der Waals surface area contributed by atoms with E-state index in [1.165, 1.54) is 0 Å². The van der Waals surface area contributed by atoms with Crippen molar-refractivity contribution in [3.63, 3.8) is 0 Å². The topological polar surface area (TPSA) is 87.0 Å². The molecule has 22 heavy (non-hydrogen) atoms. The van der Waals surface area contributed by atoms with Gasteiger partial charge in [-0.1, -0.05) is 6.58 Å². The minimum Gasteiger partial charge on any atom is -0.374 e. The molecule has 0 radical (unpaired) electrons. The fourth-order valence-electron chi connectivity index (χ4n) is 1.95. The Morgan fingerprint density at radius 1 is 1.50 bits per heavy atom. The van der Waals surface area contributed by atoms with Crippen LogP contribution in [0.3, 0.4) is 0 Å². The Hall–Kier alpha value is -2.08. The molecule has 4 N–H and O–H groups in total. The van der Waals surface area contributed by atoms with Crippen LogP contribution in [0.4, 0.5) is 0 Å². The first-order valence-electron chi connectivity index (χ1n) is 7.33. The van der Waals surface area contributed by atoms with Gasteiger partial charge in [0.15, 0.2) is 0 Å². The minimum absolute atomic E-state index is 0.103. The summed E-state index contributed by atoms with van der Waals surface area (Å²) < 4.78 is 0. The highest BCUT2D eigenvalue weighted by Gasteiger charge is 2.21. The summed E-state index contributed by atoms with van der Waals surface area (Å²) in [6.07, 6.45) is 4.32. The number of aromatic nitrogens is 2. The molecule has 1 amide bonds. The lowest BCUT2D eigenvalue weighted by atomic mass is 9.99. The Morgan fingerprint density at radius 3 is 2.59 bits per heavy atom. The Kier molecular flexibility index (Phi) is 5.93. The number of hydrogen-bond donors (Lipinski definition) is 3. The highest BCUT2D eigenvalue weighted by Crippen LogP contribution is 2.17. The van der Waals surface area contributed by atoms with Crippen LogP contribution in [0.15, 0.2) is 24.6 Å². The first-order valence-corrected chi connectivity index (χ1v) is 7.33. The lowest BCUT2D eigenvalue weighted by molar-refractivity contribution is 0.0960. The number of aryl methyl sites for hydroxylation is 1. The van der Waals surface area contributed by atoms with E-state index in [1.807, 2.05) is 32.0 Å². The van der Waals surface area contributed by atoms with Gasteiger partial charge in [-0.05, 0) is 46.7 Å². The lowest BCUT2D eigenvalue weighted by Crippen LogP contribution is -2.40. The molecule has 6 nitrogen and oxygen atoms in total. The van der Waals surface area contributed by atoms with Gasteiger partial charge in [-0.15, -0.1) is 0 Å². The van der Waals surface area contributed by atoms with Crippen LogP contribution >= 0.6 is 0 Å². The van der Waals surface area contributed by atoms with Gasteiger partial charge in [0.1, 0.15) is 5.69 Å². The third-order valence-corrected chi connectivity index (χ3v) is 4.00. The predicted octanol–water partition coefficient (Wildman–Crippen LogP) is 1.84. The first kappa shape index (κ1) is 18.0. The van der Waals surface area contributed by atoms with Crippen LogP contribution in [-0.4, -0.2) is 40.1 Å². The Labute approximate surface area is 132 Å². The molecule has 1 aromatic rings. The second-order valence-electron chi connectivity index (χ2n) is 6.01. The molecule has 1 aromatic heterocycles. The summed E-state index contributed by atoms with van der Waals surface area (Å²) in [5.41, 5.74) is 8.30. The molecule has 0 bridgehead atoms. The standard InChI is InChI=1S/C16H27N5O/c1-7-13(10-21(6)16(4,5)8-9-17)18-15(22)14-11(2)12(3)19-20-14/h7,10H,1,8-9,17H2,2-6H3,(H,18,22)(H,19,20)/b13-10+. The van der Waals surface area contributed by atoms with E-state index in [0.29, 0.717) is 17.9 Å². The molecule has 6 heteroatoms. The summed E-state index contributed by atoms with van der Waals surface area (Å²) in [7, 11) is 1.96. The van der Waals surface area contributed by atoms with Gasteiger partial charge in [0, 0.05) is 24.4 Å². The second kappa shape index (κ2) is 7.26. The summed E-state index contributed by atoms with van der Waals surface area (Å²) >= 11 is 0. The molecule has 0 atom stereocenters. The second-order valence-corrected chi connectivity index (χ2v) is 6.01. The molecule has 1 rings (SSSR count). The Balaban J connectivity index is 2.88. The average molecular weight is 305 g/mol. The lowest BCUT2D eigenvalue weighted by Gasteiger charge is -2.35. The fourth-order valence-corrected chi connectivity index (χ4v) is 1.95. The fraction of sp³-hybridized carbons (Fsp3) is 0.500. The molecule has 122 valence electrons. The Morgan fingerprint density at radius 2 is 2.14 bits per heavy atom. The molecular weight excluding hydrogens is 278 g/mol. The van der Waals surface area contributed by atoms with Gasteiger partial charge < -0.3 is 16.0 Å². The molecule has 0 aliphatic carbocycles. The van der Waals surface area contributed by atoms with Crippen LogP contribution in [0.2, 0.25) is 0 Å². The van der Waals surface area contributed by atoms with Crippen molar-refractivity contribution in [1.29, 1.82) is 0 Å². The molecule has 0 aliphatic heterocycles. The van der Waals surface area contributed by atoms with E-state index in [-0.39, 0.29) is 11.4 Å². The van der Waals surface area contributed by atoms with E-state index in [4.69, 9.17) is 5.73 Å². The van der Waals surface area contributed by atoms with Crippen LogP contribution in [-0.2, 0) is 0 Å². The van der Waals surface area contributed by atoms with Gasteiger partial charge in [-0.3, -0.25) is 9.89 Å². The number of rotatable bonds is 7. The number of carbonyl (C=O) groups excluding carboxylic acids is 1. The van der Waals surface area contributed by atoms with E-state index in [9.17, 15) is 4.79 Å². The van der Waals surface area contributed by atoms with Crippen LogP contribution < -0.4 is 11.1 Å². The van der Waals surface area contributed by atoms with Crippen molar-refractivity contribution in [3.8, 4) is 0 Å². The number of allylic oxidation sites excluding steroid dienone is 1. The molecule has 0 aromatic carbocycles. The van der Waals surface area contributed by atoms with Gasteiger partial charge in [0.2, 0.25) is 0 Å². The van der Waals surface area contributed by atoms with E-state index in [0.717, 1.165) is 17.7 Å². The molecular formula is C16H27N5O. The van der Waals surface area contributed by atoms with Crippen molar-refractivity contribution in [2.24, 2.45) is 5.73 Å². The number of carbonyl (C=O) groups is 1. The van der Waals surface area contributed by atoms with Gasteiger partial charge in [-0.2, -0.15) is 5.10 Å². The molecule has 0 aliphatic rings. The van der Waals surface area contributed by atoms with Crippen molar-refractivity contribution in [1.82, 2.24) is 20.4 Å². The zero-order valence-corrected chi connectivity index (χ0v) is 14.2. The molecule has 0 saturated carbocycles. The maximum absolute atomic E-state index is 12.3. The van der Waals surface area contributed by atoms with Crippen LogP contribution in [0.1, 0.15) is 42.0 Å². The van der Waals surface area contributed by atoms with E-state index < -0.39 is 0 Å². The number of nitrogens with zero attached hydrogens (tertiary/aromatic N) is 2. The van der Waals surface area contributed by atoms with Crippen molar-refractivity contribution in [3.05, 3.63) is 41.5 Å². The number of aromatic amines is 1. The van der Waals surface area contributed by atoms with E-state index in [2.05, 4.69) is 35.9 Å². The zero-order valence-electron chi connectivity index (χ0n) is 14.2. The molecule has 0 spiro atoms. The summed E-state index contributed by atoms with van der Waals surface area (Å²) in [6, 6.07) is 0. The summed E-state index contributed by atoms with van der Waals surface area (Å²) in [6.45, 7) is 12.3. The highest BCUT2D eigenvalue weighted by atomic mass is 16.2. The van der Waals surface area contributed by atoms with Crippen LogP contribution in [0.5, 0.6) is 0 Å². The van der Waals surface area contributed by atoms with Crippen LogP contribution in [0, 0.1) is 13.8 Å². The first-order chi connectivity index (χ1) is 10.2. The molecule has 0 unspecified atom stereocenters. The largest absolute Gasteiger partial charge is 0.374 e. The number of nitrogens with one attached hydrogen (secondary N) is 2. The van der Waals surface area contributed by atoms with Gasteiger partial charge in [0.25, 0.3) is 5.91 Å². The smallest absolute Gasteiger partial charge is 0.273 e. The van der Waals surface area contributed by atoms with Crippen molar-refractivity contribution in [2.75, 3.05) is 13.6 Å². The van der Waals surface area contributed by atoms with Crippen molar-refractivity contribution in [2.45, 2.75) is 39.7 Å². The highest BCUT2D eigenvalue weighted by molar-refractivity contribution is 5.95. The third kappa shape index (κ3) is 4.21. The van der Waals surface area contributed by atoms with E-state index >= 15 is 0 Å². The number of nitrogens with two attached hydrogens (primary N) is 1. The Bertz CT molecular complexity index is 571. The zero-order chi connectivity index (χ0) is 16.9. The van der Waals surface area contributed by atoms with Gasteiger partial charge in [0.05, 0.1) is 11.4 Å². The maximum atomic E-state index is 12.3. The normalized spacial score (nSPS) is 12.2. The molecule has 1 heterocycles. The maximum Gasteiger partial charge on any atom is 0.273 e. The summed E-state index contributed by atoms with van der Waals surface area (Å²) in [4.78, 5) is 14.3. The summed E-state index contributed by atoms with van der Waals surface area (Å²) in [5, 5.41) is 9.63. The monoisotopic (exact) mass is 305 g/mol.